The third kappa shape index (κ3) is 6.32. The quantitative estimate of drug-likeness (QED) is 0.172. The summed E-state index contributed by atoms with van der Waals surface area (Å²) in [4.78, 5) is 0. The number of rotatable bonds is 7. The van der Waals surface area contributed by atoms with Crippen LogP contribution in [0.4, 0.5) is 11.4 Å². The number of anilines is 2. The molecular weight excluding hydrogens is 847 g/mol. The topological polar surface area (TPSA) is 25.2 Å². The van der Waals surface area contributed by atoms with Crippen LogP contribution in [-0.2, 0) is 16.2 Å². The maximum atomic E-state index is 6.25. The van der Waals surface area contributed by atoms with Crippen LogP contribution in [0.25, 0.3) is 77.6 Å². The number of hydrogen-bond donors (Lipinski definition) is 1. The fourth-order valence-electron chi connectivity index (χ4n) is 12.1. The predicted octanol–water partition coefficient (Wildman–Crippen LogP) is 18.3. The lowest BCUT2D eigenvalue weighted by Crippen LogP contribution is -2.28. The van der Waals surface area contributed by atoms with Crippen molar-refractivity contribution in [2.75, 3.05) is 5.32 Å². The van der Waals surface area contributed by atoms with Gasteiger partial charge in [0, 0.05) is 33.1 Å². The molecule has 0 unspecified atom stereocenters. The Kier molecular flexibility index (Phi) is 9.39. The Bertz CT molecular complexity index is 3820. The summed E-state index contributed by atoms with van der Waals surface area (Å²) in [6.45, 7) is 11.8. The zero-order chi connectivity index (χ0) is 47.4. The lowest BCUT2D eigenvalue weighted by molar-refractivity contribution is 0.584. The van der Waals surface area contributed by atoms with Crippen molar-refractivity contribution in [1.82, 2.24) is 0 Å². The molecule has 1 heterocycles. The number of nitrogens with one attached hydrogen (secondary N) is 1. The molecule has 0 bridgehead atoms. The number of furan rings is 1. The molecule has 0 spiro atoms. The molecule has 1 aromatic heterocycles. The van der Waals surface area contributed by atoms with E-state index in [2.05, 4.69) is 252 Å². The Morgan fingerprint density at radius 3 is 1.80 bits per heavy atom. The summed E-state index contributed by atoms with van der Waals surface area (Å²) >= 11 is 0. The first kappa shape index (κ1) is 41.9. The van der Waals surface area contributed by atoms with Crippen LogP contribution < -0.4 is 5.32 Å². The zero-order valence-electron chi connectivity index (χ0n) is 40.3. The molecule has 10 aromatic carbocycles. The number of fused-ring (bicyclic) bond motifs is 9. The molecule has 0 saturated carbocycles. The Labute approximate surface area is 411 Å². The van der Waals surface area contributed by atoms with Gasteiger partial charge in [-0.05, 0) is 137 Å². The van der Waals surface area contributed by atoms with Crippen molar-refractivity contribution >= 4 is 33.3 Å². The summed E-state index contributed by atoms with van der Waals surface area (Å²) in [7, 11) is 0. The second-order valence-corrected chi connectivity index (χ2v) is 20.9. The molecular formula is C68H53NO. The maximum Gasteiger partial charge on any atom is 0.135 e. The van der Waals surface area contributed by atoms with E-state index in [1.807, 2.05) is 12.1 Å². The second-order valence-electron chi connectivity index (χ2n) is 20.9. The predicted molar refractivity (Wildman–Crippen MR) is 293 cm³/mol. The molecule has 11 aromatic rings. The smallest absolute Gasteiger partial charge is 0.135 e. The molecule has 2 heteroatoms. The van der Waals surface area contributed by atoms with Crippen LogP contribution in [0.3, 0.4) is 0 Å². The summed E-state index contributed by atoms with van der Waals surface area (Å²) in [6, 6.07) is 83.1. The van der Waals surface area contributed by atoms with Crippen LogP contribution >= 0.6 is 0 Å². The molecule has 2 aliphatic rings. The van der Waals surface area contributed by atoms with E-state index in [4.69, 9.17) is 4.42 Å². The minimum atomic E-state index is -0.499. The van der Waals surface area contributed by atoms with Crippen molar-refractivity contribution in [3.8, 4) is 55.6 Å². The van der Waals surface area contributed by atoms with Gasteiger partial charge in [-0.15, -0.1) is 0 Å². The summed E-state index contributed by atoms with van der Waals surface area (Å²) in [5, 5.41) is 6.33. The highest BCUT2D eigenvalue weighted by molar-refractivity contribution is 6.07. The third-order valence-corrected chi connectivity index (χ3v) is 15.5. The Hall–Kier alpha value is -8.20. The minimum absolute atomic E-state index is 0.0203. The van der Waals surface area contributed by atoms with Gasteiger partial charge >= 0.3 is 0 Å². The molecule has 0 fully saturated rings. The van der Waals surface area contributed by atoms with Gasteiger partial charge in [0.1, 0.15) is 11.2 Å². The van der Waals surface area contributed by atoms with Gasteiger partial charge < -0.3 is 9.73 Å². The van der Waals surface area contributed by atoms with Gasteiger partial charge in [0.2, 0.25) is 0 Å². The van der Waals surface area contributed by atoms with Crippen LogP contribution in [0.5, 0.6) is 0 Å². The molecule has 336 valence electrons. The van der Waals surface area contributed by atoms with Crippen LogP contribution in [0.2, 0.25) is 0 Å². The highest BCUT2D eigenvalue weighted by Crippen LogP contribution is 2.58. The van der Waals surface area contributed by atoms with E-state index in [0.717, 1.165) is 50.0 Å². The first-order chi connectivity index (χ1) is 34.1. The SMILES string of the molecule is CC(C)(C)c1ccc2c(c1)C(C)(C)c1ccc(-c3cccc(-c4ccc5oc6ccccc6c5c4)c3)c(-c3ccccc3Nc3ccc4c(c3)C(c3ccccc3)(c3ccccc3)c3ccccc3-4)c1-2. The summed E-state index contributed by atoms with van der Waals surface area (Å²) in [6.07, 6.45) is 0. The van der Waals surface area contributed by atoms with Crippen molar-refractivity contribution in [3.63, 3.8) is 0 Å². The van der Waals surface area contributed by atoms with Gasteiger partial charge in [-0.25, -0.2) is 0 Å². The lowest BCUT2D eigenvalue weighted by atomic mass is 9.67. The van der Waals surface area contributed by atoms with Crippen LogP contribution in [-0.4, -0.2) is 0 Å². The standard InChI is InChI=1S/C68H53NO/c1-66(2,3)48-32-34-54-59(41-48)67(4,5)58-37-36-50(45-20-18-19-43(39-45)44-31-38-63-56(40-44)53-26-14-17-30-62(53)70-63)64(65(54)58)55-27-13-16-29-61(55)69-49-33-35-52-51-25-12-15-28-57(51)68(60(52)42-49,46-21-8-6-9-22-46)47-23-10-7-11-24-47/h6-42,69H,1-5H3. The molecule has 0 atom stereocenters. The molecule has 0 amide bonds. The van der Waals surface area contributed by atoms with E-state index < -0.39 is 5.41 Å². The van der Waals surface area contributed by atoms with Crippen molar-refractivity contribution in [3.05, 3.63) is 263 Å². The van der Waals surface area contributed by atoms with Gasteiger partial charge in [-0.3, -0.25) is 0 Å². The first-order valence-corrected chi connectivity index (χ1v) is 24.7. The lowest BCUT2D eigenvalue weighted by Gasteiger charge is -2.34. The zero-order valence-corrected chi connectivity index (χ0v) is 40.3. The largest absolute Gasteiger partial charge is 0.456 e. The van der Waals surface area contributed by atoms with E-state index in [1.165, 1.54) is 77.9 Å². The normalized spacial score (nSPS) is 14.0. The number of benzene rings is 10. The molecule has 13 rings (SSSR count). The van der Waals surface area contributed by atoms with Crippen LogP contribution in [0, 0.1) is 0 Å². The Balaban J connectivity index is 1.01. The fourth-order valence-corrected chi connectivity index (χ4v) is 12.1. The average Bonchev–Trinajstić information content (AvgIpc) is 3.99. The summed E-state index contributed by atoms with van der Waals surface area (Å²) < 4.78 is 6.25. The molecule has 2 nitrogen and oxygen atoms in total. The van der Waals surface area contributed by atoms with Gasteiger partial charge in [0.15, 0.2) is 0 Å². The highest BCUT2D eigenvalue weighted by atomic mass is 16.3. The van der Waals surface area contributed by atoms with Crippen LogP contribution in [0.15, 0.2) is 229 Å². The second kappa shape index (κ2) is 15.7. The van der Waals surface area contributed by atoms with E-state index in [9.17, 15) is 0 Å². The van der Waals surface area contributed by atoms with Crippen molar-refractivity contribution in [2.24, 2.45) is 0 Å². The molecule has 2 aliphatic carbocycles. The van der Waals surface area contributed by atoms with Gasteiger partial charge in [-0.2, -0.15) is 0 Å². The summed E-state index contributed by atoms with van der Waals surface area (Å²) in [5.74, 6) is 0. The average molecular weight is 900 g/mol. The van der Waals surface area contributed by atoms with E-state index in [-0.39, 0.29) is 10.8 Å². The van der Waals surface area contributed by atoms with Crippen molar-refractivity contribution < 1.29 is 4.42 Å². The van der Waals surface area contributed by atoms with Gasteiger partial charge in [0.05, 0.1) is 5.41 Å². The van der Waals surface area contributed by atoms with Gasteiger partial charge in [-0.1, -0.05) is 217 Å². The molecule has 70 heavy (non-hydrogen) atoms. The molecule has 0 aliphatic heterocycles. The van der Waals surface area contributed by atoms with Crippen molar-refractivity contribution in [1.29, 1.82) is 0 Å². The summed E-state index contributed by atoms with van der Waals surface area (Å²) in [5.41, 5.74) is 24.6. The Morgan fingerprint density at radius 1 is 0.386 bits per heavy atom. The van der Waals surface area contributed by atoms with Gasteiger partial charge in [0.25, 0.3) is 0 Å². The fraction of sp³-hybridized carbons (Fsp3) is 0.118. The maximum absolute atomic E-state index is 6.25. The van der Waals surface area contributed by atoms with Crippen LogP contribution in [0.1, 0.15) is 73.6 Å². The highest BCUT2D eigenvalue weighted by Gasteiger charge is 2.46. The monoisotopic (exact) mass is 899 g/mol. The Morgan fingerprint density at radius 2 is 1.01 bits per heavy atom. The minimum Gasteiger partial charge on any atom is -0.456 e. The molecule has 1 N–H and O–H groups in total. The van der Waals surface area contributed by atoms with Crippen molar-refractivity contribution in [2.45, 2.75) is 50.9 Å². The van der Waals surface area contributed by atoms with E-state index in [1.54, 1.807) is 0 Å². The number of hydrogen-bond acceptors (Lipinski definition) is 2. The first-order valence-electron chi connectivity index (χ1n) is 24.7. The molecule has 0 radical (unpaired) electrons. The number of para-hydroxylation sites is 2. The third-order valence-electron chi connectivity index (χ3n) is 15.5. The van der Waals surface area contributed by atoms with E-state index in [0.29, 0.717) is 0 Å². The molecule has 0 saturated heterocycles. The van der Waals surface area contributed by atoms with E-state index >= 15 is 0 Å².